The van der Waals surface area contributed by atoms with Gasteiger partial charge in [0, 0.05) is 25.9 Å². The summed E-state index contributed by atoms with van der Waals surface area (Å²) in [5.41, 5.74) is 1.16. The molecule has 0 bridgehead atoms. The van der Waals surface area contributed by atoms with Gasteiger partial charge in [-0.1, -0.05) is 30.3 Å². The third-order valence-electron chi connectivity index (χ3n) is 4.64. The van der Waals surface area contributed by atoms with Crippen LogP contribution in [0.1, 0.15) is 37.7 Å². The van der Waals surface area contributed by atoms with Crippen LogP contribution in [0.2, 0.25) is 0 Å². The lowest BCUT2D eigenvalue weighted by atomic mass is 9.97. The first-order valence-electron chi connectivity index (χ1n) is 7.80. The quantitative estimate of drug-likeness (QED) is 0.919. The number of nitrogens with one attached hydrogen (secondary N) is 1. The van der Waals surface area contributed by atoms with Crippen molar-refractivity contribution < 1.29 is 9.59 Å². The van der Waals surface area contributed by atoms with Gasteiger partial charge in [0.1, 0.15) is 0 Å². The summed E-state index contributed by atoms with van der Waals surface area (Å²) >= 11 is 0. The summed E-state index contributed by atoms with van der Waals surface area (Å²) < 4.78 is 0. The minimum atomic E-state index is -0.119. The molecular formula is C17H22N2O2. The highest BCUT2D eigenvalue weighted by molar-refractivity contribution is 5.81. The number of hydrogen-bond acceptors (Lipinski definition) is 2. The number of nitrogens with zero attached hydrogens (tertiary/aromatic N) is 1. The molecule has 1 N–H and O–H groups in total. The number of carbonyl (C=O) groups is 2. The fourth-order valence-corrected chi connectivity index (χ4v) is 3.41. The average molecular weight is 286 g/mol. The highest BCUT2D eigenvalue weighted by Crippen LogP contribution is 2.30. The second-order valence-corrected chi connectivity index (χ2v) is 6.23. The summed E-state index contributed by atoms with van der Waals surface area (Å²) in [7, 11) is 0. The largest absolute Gasteiger partial charge is 0.349 e. The average Bonchev–Trinajstić information content (AvgIpc) is 3.07. The van der Waals surface area contributed by atoms with Gasteiger partial charge >= 0.3 is 0 Å². The molecule has 2 saturated heterocycles. The number of carbonyl (C=O) groups excluding carboxylic acids is 2. The first kappa shape index (κ1) is 14.1. The Morgan fingerprint density at radius 3 is 2.76 bits per heavy atom. The van der Waals surface area contributed by atoms with E-state index >= 15 is 0 Å². The third kappa shape index (κ3) is 3.26. The van der Waals surface area contributed by atoms with Crippen molar-refractivity contribution in [1.82, 2.24) is 10.2 Å². The summed E-state index contributed by atoms with van der Waals surface area (Å²) in [6.07, 6.45) is 4.82. The molecule has 2 aliphatic rings. The van der Waals surface area contributed by atoms with Gasteiger partial charge in [0.15, 0.2) is 0 Å². The summed E-state index contributed by atoms with van der Waals surface area (Å²) in [6, 6.07) is 10.3. The number of hydrogen-bond donors (Lipinski definition) is 1. The highest BCUT2D eigenvalue weighted by atomic mass is 16.2. The summed E-state index contributed by atoms with van der Waals surface area (Å²) in [4.78, 5) is 25.6. The molecule has 0 aromatic heterocycles. The van der Waals surface area contributed by atoms with Gasteiger partial charge in [-0.2, -0.15) is 0 Å². The minimum absolute atomic E-state index is 0.119. The Morgan fingerprint density at radius 1 is 1.24 bits per heavy atom. The van der Waals surface area contributed by atoms with Crippen LogP contribution >= 0.6 is 0 Å². The Hall–Kier alpha value is -1.84. The van der Waals surface area contributed by atoms with Crippen molar-refractivity contribution in [2.24, 2.45) is 0 Å². The molecule has 0 radical (unpaired) electrons. The third-order valence-corrected chi connectivity index (χ3v) is 4.64. The van der Waals surface area contributed by atoms with E-state index in [1.54, 1.807) is 0 Å². The van der Waals surface area contributed by atoms with Gasteiger partial charge in [0.05, 0.1) is 5.54 Å². The van der Waals surface area contributed by atoms with E-state index in [1.807, 2.05) is 23.1 Å². The summed E-state index contributed by atoms with van der Waals surface area (Å²) in [5.74, 6) is 0.359. The van der Waals surface area contributed by atoms with Crippen molar-refractivity contribution in [1.29, 1.82) is 0 Å². The van der Waals surface area contributed by atoms with Crippen molar-refractivity contribution in [3.8, 4) is 0 Å². The first-order valence-corrected chi connectivity index (χ1v) is 7.80. The maximum atomic E-state index is 12.3. The monoisotopic (exact) mass is 286 g/mol. The molecule has 1 atom stereocenters. The zero-order valence-corrected chi connectivity index (χ0v) is 12.3. The molecule has 0 unspecified atom stereocenters. The van der Waals surface area contributed by atoms with E-state index in [1.165, 1.54) is 5.56 Å². The van der Waals surface area contributed by atoms with Gasteiger partial charge in [-0.25, -0.2) is 0 Å². The second kappa shape index (κ2) is 5.88. The smallest absolute Gasteiger partial charge is 0.222 e. The lowest BCUT2D eigenvalue weighted by Crippen LogP contribution is -2.44. The molecule has 112 valence electrons. The number of benzene rings is 1. The minimum Gasteiger partial charge on any atom is -0.349 e. The topological polar surface area (TPSA) is 49.4 Å². The molecule has 2 fully saturated rings. The molecule has 0 aliphatic carbocycles. The van der Waals surface area contributed by atoms with Crippen LogP contribution in [-0.4, -0.2) is 35.3 Å². The van der Waals surface area contributed by atoms with E-state index in [-0.39, 0.29) is 17.4 Å². The van der Waals surface area contributed by atoms with Gasteiger partial charge in [0.25, 0.3) is 0 Å². The van der Waals surface area contributed by atoms with E-state index in [4.69, 9.17) is 0 Å². The van der Waals surface area contributed by atoms with Crippen molar-refractivity contribution in [3.05, 3.63) is 35.9 Å². The van der Waals surface area contributed by atoms with Crippen LogP contribution in [0.3, 0.4) is 0 Å². The molecule has 3 rings (SSSR count). The molecule has 1 aromatic rings. The van der Waals surface area contributed by atoms with Gasteiger partial charge in [-0.15, -0.1) is 0 Å². The van der Waals surface area contributed by atoms with E-state index in [0.29, 0.717) is 19.4 Å². The Balaban J connectivity index is 1.45. The van der Waals surface area contributed by atoms with Crippen LogP contribution < -0.4 is 5.32 Å². The van der Waals surface area contributed by atoms with Crippen molar-refractivity contribution in [2.45, 2.75) is 44.1 Å². The molecule has 2 aliphatic heterocycles. The fourth-order valence-electron chi connectivity index (χ4n) is 3.41. The zero-order valence-electron chi connectivity index (χ0n) is 12.3. The molecule has 1 aromatic carbocycles. The molecular weight excluding hydrogens is 264 g/mol. The molecule has 1 spiro atoms. The standard InChI is InChI=1S/C17H22N2O2/c20-15-9-10-17(18-15)11-12-19(13-17)16(21)8-4-7-14-5-2-1-3-6-14/h1-3,5-6H,4,7-13H2,(H,18,20)/t17-/m0/s1. The van der Waals surface area contributed by atoms with Crippen LogP contribution in [0.5, 0.6) is 0 Å². The maximum absolute atomic E-state index is 12.3. The lowest BCUT2D eigenvalue weighted by molar-refractivity contribution is -0.130. The zero-order chi connectivity index (χ0) is 14.7. The Kier molecular flexibility index (Phi) is 3.95. The van der Waals surface area contributed by atoms with Crippen molar-refractivity contribution in [3.63, 3.8) is 0 Å². The second-order valence-electron chi connectivity index (χ2n) is 6.23. The Labute approximate surface area is 125 Å². The molecule has 2 amide bonds. The molecule has 21 heavy (non-hydrogen) atoms. The number of rotatable bonds is 4. The van der Waals surface area contributed by atoms with E-state index in [2.05, 4.69) is 17.4 Å². The van der Waals surface area contributed by atoms with Gasteiger partial charge in [-0.05, 0) is 31.2 Å². The SMILES string of the molecule is O=C1CC[C@@]2(CCN(C(=O)CCCc3ccccc3)C2)N1. The Bertz CT molecular complexity index is 529. The van der Waals surface area contributed by atoms with Gasteiger partial charge in [0.2, 0.25) is 11.8 Å². The predicted octanol–water partition coefficient (Wildman–Crippen LogP) is 1.89. The van der Waals surface area contributed by atoms with E-state index < -0.39 is 0 Å². The van der Waals surface area contributed by atoms with Gasteiger partial charge < -0.3 is 10.2 Å². The molecule has 4 heteroatoms. The predicted molar refractivity (Wildman–Crippen MR) is 80.7 cm³/mol. The normalized spacial score (nSPS) is 24.6. The van der Waals surface area contributed by atoms with E-state index in [0.717, 1.165) is 32.2 Å². The summed E-state index contributed by atoms with van der Waals surface area (Å²) in [5, 5.41) is 3.06. The molecule has 0 saturated carbocycles. The van der Waals surface area contributed by atoms with Crippen LogP contribution in [0.4, 0.5) is 0 Å². The first-order chi connectivity index (χ1) is 10.2. The molecule has 4 nitrogen and oxygen atoms in total. The van der Waals surface area contributed by atoms with E-state index in [9.17, 15) is 9.59 Å². The fraction of sp³-hybridized carbons (Fsp3) is 0.529. The number of amides is 2. The Morgan fingerprint density at radius 2 is 2.05 bits per heavy atom. The van der Waals surface area contributed by atoms with Crippen molar-refractivity contribution in [2.75, 3.05) is 13.1 Å². The molecule has 2 heterocycles. The van der Waals surface area contributed by atoms with Crippen LogP contribution in [0, 0.1) is 0 Å². The lowest BCUT2D eigenvalue weighted by Gasteiger charge is -2.23. The number of aryl methyl sites for hydroxylation is 1. The summed E-state index contributed by atoms with van der Waals surface area (Å²) in [6.45, 7) is 1.48. The number of likely N-dealkylation sites (tertiary alicyclic amines) is 1. The van der Waals surface area contributed by atoms with Crippen molar-refractivity contribution >= 4 is 11.8 Å². The maximum Gasteiger partial charge on any atom is 0.222 e. The van der Waals surface area contributed by atoms with Crippen LogP contribution in [0.15, 0.2) is 30.3 Å². The van der Waals surface area contributed by atoms with Crippen LogP contribution in [-0.2, 0) is 16.0 Å². The van der Waals surface area contributed by atoms with Crippen LogP contribution in [0.25, 0.3) is 0 Å². The van der Waals surface area contributed by atoms with Gasteiger partial charge in [-0.3, -0.25) is 9.59 Å². The highest BCUT2D eigenvalue weighted by Gasteiger charge is 2.44.